The van der Waals surface area contributed by atoms with Crippen molar-refractivity contribution < 1.29 is 4.74 Å². The molecule has 0 spiro atoms. The molecule has 1 aromatic heterocycles. The van der Waals surface area contributed by atoms with Crippen molar-refractivity contribution in [2.75, 3.05) is 38.8 Å². The highest BCUT2D eigenvalue weighted by atomic mass is 16.5. The monoisotopic (exact) mass is 251 g/mol. The molecule has 1 heterocycles. The molecule has 1 rings (SSSR count). The van der Waals surface area contributed by atoms with E-state index in [-0.39, 0.29) is 0 Å². The molecule has 0 radical (unpaired) electrons. The molecule has 0 aliphatic heterocycles. The minimum atomic E-state index is 0.664. The molecule has 102 valence electrons. The molecule has 0 saturated heterocycles. The first-order valence-corrected chi connectivity index (χ1v) is 6.49. The van der Waals surface area contributed by atoms with Crippen LogP contribution in [0.15, 0.2) is 18.3 Å². The van der Waals surface area contributed by atoms with E-state index in [1.54, 1.807) is 7.11 Å². The van der Waals surface area contributed by atoms with E-state index in [1.807, 2.05) is 12.3 Å². The van der Waals surface area contributed by atoms with Crippen LogP contribution < -0.4 is 10.2 Å². The minimum absolute atomic E-state index is 0.664. The van der Waals surface area contributed by atoms with Crippen LogP contribution in [0.5, 0.6) is 0 Å². The predicted molar refractivity (Wildman–Crippen MR) is 75.9 cm³/mol. The van der Waals surface area contributed by atoms with E-state index < -0.39 is 0 Å². The number of ether oxygens (including phenoxy) is 1. The Morgan fingerprint density at radius 2 is 2.22 bits per heavy atom. The number of methoxy groups -OCH3 is 1. The number of rotatable bonds is 8. The van der Waals surface area contributed by atoms with Crippen molar-refractivity contribution in [1.29, 1.82) is 0 Å². The Kier molecular flexibility index (Phi) is 6.68. The molecule has 0 fully saturated rings. The molecule has 0 amide bonds. The maximum atomic E-state index is 5.09. The molecule has 0 aliphatic carbocycles. The quantitative estimate of drug-likeness (QED) is 0.766. The average molecular weight is 251 g/mol. The van der Waals surface area contributed by atoms with Crippen LogP contribution in [0.25, 0.3) is 0 Å². The smallest absolute Gasteiger partial charge is 0.0637 e. The van der Waals surface area contributed by atoms with Gasteiger partial charge in [0, 0.05) is 39.1 Å². The zero-order valence-corrected chi connectivity index (χ0v) is 11.9. The summed E-state index contributed by atoms with van der Waals surface area (Å²) in [7, 11) is 3.79. The minimum Gasteiger partial charge on any atom is -0.383 e. The lowest BCUT2D eigenvalue weighted by molar-refractivity contribution is 0.206. The second kappa shape index (κ2) is 8.06. The van der Waals surface area contributed by atoms with Gasteiger partial charge >= 0.3 is 0 Å². The van der Waals surface area contributed by atoms with Gasteiger partial charge < -0.3 is 15.0 Å². The third-order valence-electron chi connectivity index (χ3n) is 2.73. The number of hydrogen-bond donors (Lipinski definition) is 1. The van der Waals surface area contributed by atoms with E-state index in [0.717, 1.165) is 31.9 Å². The van der Waals surface area contributed by atoms with Crippen LogP contribution in [-0.2, 0) is 11.3 Å². The highest BCUT2D eigenvalue weighted by Crippen LogP contribution is 2.12. The van der Waals surface area contributed by atoms with Gasteiger partial charge in [0.15, 0.2) is 0 Å². The Balaban J connectivity index is 2.50. The second-order valence-electron chi connectivity index (χ2n) is 4.94. The molecular formula is C14H25N3O. The van der Waals surface area contributed by atoms with E-state index in [0.29, 0.717) is 5.92 Å². The number of pyridine rings is 1. The summed E-state index contributed by atoms with van der Waals surface area (Å²) in [5.41, 5.74) is 2.26. The summed E-state index contributed by atoms with van der Waals surface area (Å²) in [6.07, 6.45) is 1.87. The first-order chi connectivity index (χ1) is 8.63. The molecule has 4 heteroatoms. The van der Waals surface area contributed by atoms with Crippen molar-refractivity contribution in [2.45, 2.75) is 20.4 Å². The van der Waals surface area contributed by atoms with Crippen molar-refractivity contribution in [3.63, 3.8) is 0 Å². The van der Waals surface area contributed by atoms with Gasteiger partial charge in [0.1, 0.15) is 0 Å². The van der Waals surface area contributed by atoms with Crippen LogP contribution >= 0.6 is 0 Å². The lowest BCUT2D eigenvalue weighted by Gasteiger charge is -2.19. The standard InChI is InChI=1S/C14H25N3O/c1-12(2)10-15-11-13-9-14(5-6-16-13)17(3)7-8-18-4/h5-6,9,12,15H,7-8,10-11H2,1-4H3. The summed E-state index contributed by atoms with van der Waals surface area (Å²) in [6.45, 7) is 7.87. The topological polar surface area (TPSA) is 37.4 Å². The van der Waals surface area contributed by atoms with Crippen LogP contribution in [0.1, 0.15) is 19.5 Å². The fourth-order valence-electron chi connectivity index (χ4n) is 1.65. The van der Waals surface area contributed by atoms with Crippen molar-refractivity contribution in [2.24, 2.45) is 5.92 Å². The molecule has 0 aromatic carbocycles. The van der Waals surface area contributed by atoms with E-state index in [4.69, 9.17) is 4.74 Å². The van der Waals surface area contributed by atoms with E-state index in [1.165, 1.54) is 5.69 Å². The molecule has 0 bridgehead atoms. The fourth-order valence-corrected chi connectivity index (χ4v) is 1.65. The van der Waals surface area contributed by atoms with Crippen molar-refractivity contribution >= 4 is 5.69 Å². The second-order valence-corrected chi connectivity index (χ2v) is 4.94. The maximum Gasteiger partial charge on any atom is 0.0637 e. The van der Waals surface area contributed by atoms with Crippen molar-refractivity contribution in [3.8, 4) is 0 Å². The van der Waals surface area contributed by atoms with E-state index in [2.05, 4.69) is 42.2 Å². The molecule has 0 unspecified atom stereocenters. The summed E-state index contributed by atoms with van der Waals surface area (Å²) in [5.74, 6) is 0.664. The maximum absolute atomic E-state index is 5.09. The Bertz CT molecular complexity index is 342. The van der Waals surface area contributed by atoms with Gasteiger partial charge in [-0.15, -0.1) is 0 Å². The Hall–Kier alpha value is -1.13. The molecule has 1 aromatic rings. The van der Waals surface area contributed by atoms with Gasteiger partial charge in [-0.25, -0.2) is 0 Å². The summed E-state index contributed by atoms with van der Waals surface area (Å²) < 4.78 is 5.09. The molecular weight excluding hydrogens is 226 g/mol. The van der Waals surface area contributed by atoms with Gasteiger partial charge in [-0.3, -0.25) is 4.98 Å². The van der Waals surface area contributed by atoms with Gasteiger partial charge in [0.05, 0.1) is 12.3 Å². The van der Waals surface area contributed by atoms with Crippen molar-refractivity contribution in [3.05, 3.63) is 24.0 Å². The first-order valence-electron chi connectivity index (χ1n) is 6.49. The number of likely N-dealkylation sites (N-methyl/N-ethyl adjacent to an activating group) is 1. The summed E-state index contributed by atoms with van der Waals surface area (Å²) in [6, 6.07) is 4.16. The third kappa shape index (κ3) is 5.47. The van der Waals surface area contributed by atoms with Crippen LogP contribution in [0.4, 0.5) is 5.69 Å². The first kappa shape index (κ1) is 14.9. The third-order valence-corrected chi connectivity index (χ3v) is 2.73. The SMILES string of the molecule is COCCN(C)c1ccnc(CNCC(C)C)c1. The number of nitrogens with zero attached hydrogens (tertiary/aromatic N) is 2. The molecule has 0 atom stereocenters. The largest absolute Gasteiger partial charge is 0.383 e. The normalized spacial score (nSPS) is 10.9. The lowest BCUT2D eigenvalue weighted by atomic mass is 10.2. The zero-order chi connectivity index (χ0) is 13.4. The molecule has 4 nitrogen and oxygen atoms in total. The van der Waals surface area contributed by atoms with Gasteiger partial charge in [0.2, 0.25) is 0 Å². The fraction of sp³-hybridized carbons (Fsp3) is 0.643. The molecule has 18 heavy (non-hydrogen) atoms. The van der Waals surface area contributed by atoms with Crippen LogP contribution in [-0.4, -0.2) is 38.8 Å². The van der Waals surface area contributed by atoms with Crippen LogP contribution in [0.2, 0.25) is 0 Å². The highest BCUT2D eigenvalue weighted by Gasteiger charge is 2.03. The molecule has 0 aliphatic rings. The summed E-state index contributed by atoms with van der Waals surface area (Å²) in [5, 5.41) is 3.40. The van der Waals surface area contributed by atoms with Gasteiger partial charge in [0.25, 0.3) is 0 Å². The zero-order valence-electron chi connectivity index (χ0n) is 11.9. The van der Waals surface area contributed by atoms with Gasteiger partial charge in [-0.1, -0.05) is 13.8 Å². The number of nitrogens with one attached hydrogen (secondary N) is 1. The van der Waals surface area contributed by atoms with Gasteiger partial charge in [-0.2, -0.15) is 0 Å². The highest BCUT2D eigenvalue weighted by molar-refractivity contribution is 5.45. The average Bonchev–Trinajstić information content (AvgIpc) is 2.36. The Morgan fingerprint density at radius 3 is 2.89 bits per heavy atom. The number of aromatic nitrogens is 1. The number of hydrogen-bond acceptors (Lipinski definition) is 4. The van der Waals surface area contributed by atoms with Crippen LogP contribution in [0, 0.1) is 5.92 Å². The lowest BCUT2D eigenvalue weighted by Crippen LogP contribution is -2.23. The summed E-state index contributed by atoms with van der Waals surface area (Å²) >= 11 is 0. The molecule has 0 saturated carbocycles. The van der Waals surface area contributed by atoms with Crippen molar-refractivity contribution in [1.82, 2.24) is 10.3 Å². The van der Waals surface area contributed by atoms with E-state index >= 15 is 0 Å². The Labute approximate surface area is 110 Å². The summed E-state index contributed by atoms with van der Waals surface area (Å²) in [4.78, 5) is 6.56. The van der Waals surface area contributed by atoms with Gasteiger partial charge in [-0.05, 0) is 24.6 Å². The predicted octanol–water partition coefficient (Wildman–Crippen LogP) is 1.91. The van der Waals surface area contributed by atoms with E-state index in [9.17, 15) is 0 Å². The Morgan fingerprint density at radius 1 is 1.44 bits per heavy atom. The van der Waals surface area contributed by atoms with Crippen LogP contribution in [0.3, 0.4) is 0 Å². The molecule has 1 N–H and O–H groups in total. The number of anilines is 1.